The number of rotatable bonds is 4. The van der Waals surface area contributed by atoms with Gasteiger partial charge in [-0.15, -0.1) is 0 Å². The van der Waals surface area contributed by atoms with Crippen molar-refractivity contribution in [2.75, 3.05) is 0 Å². The maximum Gasteiger partial charge on any atom is 0.488 e. The number of ketones is 1. The molecule has 0 aliphatic carbocycles. The number of hydrogen-bond donors (Lipinski definition) is 2. The fraction of sp³-hybridized carbons (Fsp3) is 0.0714. The number of hydrogen-bond acceptors (Lipinski definition) is 3. The molecule has 0 aromatic heterocycles. The molecule has 2 rings (SSSR count). The molecule has 0 radical (unpaired) electrons. The van der Waals surface area contributed by atoms with E-state index in [1.54, 1.807) is 24.3 Å². The second kappa shape index (κ2) is 5.62. The quantitative estimate of drug-likeness (QED) is 0.613. The molecule has 0 unspecified atom stereocenters. The van der Waals surface area contributed by atoms with Crippen LogP contribution in [0.3, 0.4) is 0 Å². The van der Waals surface area contributed by atoms with Crippen LogP contribution in [0.25, 0.3) is 0 Å². The third-order valence-corrected chi connectivity index (χ3v) is 2.74. The Morgan fingerprint density at radius 1 is 0.944 bits per heavy atom. The van der Waals surface area contributed by atoms with Crippen molar-refractivity contribution >= 4 is 18.4 Å². The molecule has 0 heterocycles. The Labute approximate surface area is 106 Å². The predicted molar refractivity (Wildman–Crippen MR) is 70.7 cm³/mol. The molecule has 18 heavy (non-hydrogen) atoms. The summed E-state index contributed by atoms with van der Waals surface area (Å²) in [7, 11) is -1.50. The van der Waals surface area contributed by atoms with E-state index in [2.05, 4.69) is 0 Å². The van der Waals surface area contributed by atoms with Gasteiger partial charge in [0, 0.05) is 12.0 Å². The third-order valence-electron chi connectivity index (χ3n) is 2.74. The van der Waals surface area contributed by atoms with E-state index in [1.807, 2.05) is 30.3 Å². The Morgan fingerprint density at radius 2 is 1.56 bits per heavy atom. The van der Waals surface area contributed by atoms with Crippen LogP contribution in [0.2, 0.25) is 0 Å². The topological polar surface area (TPSA) is 57.5 Å². The molecule has 0 amide bonds. The molecule has 0 saturated heterocycles. The van der Waals surface area contributed by atoms with Crippen molar-refractivity contribution in [2.24, 2.45) is 0 Å². The van der Waals surface area contributed by atoms with Crippen molar-refractivity contribution in [1.29, 1.82) is 0 Å². The van der Waals surface area contributed by atoms with E-state index in [1.165, 1.54) is 0 Å². The normalized spacial score (nSPS) is 10.1. The van der Waals surface area contributed by atoms with Crippen LogP contribution in [0.5, 0.6) is 0 Å². The summed E-state index contributed by atoms with van der Waals surface area (Å²) in [6.07, 6.45) is 0.349. The van der Waals surface area contributed by atoms with Gasteiger partial charge in [0.1, 0.15) is 0 Å². The summed E-state index contributed by atoms with van der Waals surface area (Å²) in [6.45, 7) is 0. The maximum atomic E-state index is 12.0. The Kier molecular flexibility index (Phi) is 3.92. The third kappa shape index (κ3) is 3.06. The summed E-state index contributed by atoms with van der Waals surface area (Å²) in [6, 6.07) is 15.8. The molecule has 0 aliphatic heterocycles. The van der Waals surface area contributed by atoms with Crippen LogP contribution in [-0.2, 0) is 6.42 Å². The summed E-state index contributed by atoms with van der Waals surface area (Å²) >= 11 is 0. The lowest BCUT2D eigenvalue weighted by atomic mass is 9.80. The van der Waals surface area contributed by atoms with Crippen molar-refractivity contribution in [2.45, 2.75) is 6.42 Å². The van der Waals surface area contributed by atoms with Gasteiger partial charge < -0.3 is 10.0 Å². The highest BCUT2D eigenvalue weighted by Crippen LogP contribution is 2.06. The zero-order chi connectivity index (χ0) is 13.0. The van der Waals surface area contributed by atoms with Gasteiger partial charge in [-0.05, 0) is 11.0 Å². The largest absolute Gasteiger partial charge is 0.488 e. The number of benzene rings is 2. The summed E-state index contributed by atoms with van der Waals surface area (Å²) in [5, 5.41) is 17.9. The molecule has 2 aromatic carbocycles. The zero-order valence-electron chi connectivity index (χ0n) is 9.78. The van der Waals surface area contributed by atoms with Gasteiger partial charge in [0.2, 0.25) is 0 Å². The van der Waals surface area contributed by atoms with Gasteiger partial charge in [0.25, 0.3) is 0 Å². The second-order valence-electron chi connectivity index (χ2n) is 4.08. The zero-order valence-corrected chi connectivity index (χ0v) is 9.78. The van der Waals surface area contributed by atoms with E-state index in [4.69, 9.17) is 10.0 Å². The molecular formula is C14H13BO3. The molecular weight excluding hydrogens is 227 g/mol. The minimum absolute atomic E-state index is 0.0141. The first-order valence-corrected chi connectivity index (χ1v) is 5.70. The molecule has 90 valence electrons. The van der Waals surface area contributed by atoms with Crippen molar-refractivity contribution < 1.29 is 14.8 Å². The molecule has 4 heteroatoms. The van der Waals surface area contributed by atoms with Crippen LogP contribution in [0, 0.1) is 0 Å². The Hall–Kier alpha value is -1.91. The first-order chi connectivity index (χ1) is 8.66. The lowest BCUT2D eigenvalue weighted by Crippen LogP contribution is -2.29. The van der Waals surface area contributed by atoms with Gasteiger partial charge in [-0.2, -0.15) is 0 Å². The Bertz CT molecular complexity index is 520. The van der Waals surface area contributed by atoms with Crippen LogP contribution in [0.1, 0.15) is 15.9 Å². The van der Waals surface area contributed by atoms with E-state index in [0.29, 0.717) is 17.4 Å². The Balaban J connectivity index is 2.10. The average molecular weight is 240 g/mol. The first-order valence-electron chi connectivity index (χ1n) is 5.70. The van der Waals surface area contributed by atoms with Crippen LogP contribution in [0.15, 0.2) is 54.6 Å². The highest BCUT2D eigenvalue weighted by atomic mass is 16.4. The maximum absolute atomic E-state index is 12.0. The molecule has 0 saturated carbocycles. The van der Waals surface area contributed by atoms with Crippen molar-refractivity contribution in [3.05, 3.63) is 65.7 Å². The lowest BCUT2D eigenvalue weighted by molar-refractivity contribution is 0.0993. The monoisotopic (exact) mass is 240 g/mol. The van der Waals surface area contributed by atoms with Gasteiger partial charge in [-0.25, -0.2) is 0 Å². The minimum atomic E-state index is -1.50. The van der Waals surface area contributed by atoms with E-state index in [0.717, 1.165) is 5.56 Å². The number of Topliss-reactive ketones (excluding diaryl/α,β-unsaturated/α-hetero) is 1. The molecule has 3 nitrogen and oxygen atoms in total. The first kappa shape index (κ1) is 12.5. The molecule has 0 fully saturated rings. The fourth-order valence-corrected chi connectivity index (χ4v) is 1.72. The molecule has 2 N–H and O–H groups in total. The van der Waals surface area contributed by atoms with Crippen LogP contribution in [0.4, 0.5) is 0 Å². The van der Waals surface area contributed by atoms with Gasteiger partial charge in [0.15, 0.2) is 5.78 Å². The lowest BCUT2D eigenvalue weighted by Gasteiger charge is -2.03. The summed E-state index contributed by atoms with van der Waals surface area (Å²) in [4.78, 5) is 12.0. The molecule has 0 bridgehead atoms. The van der Waals surface area contributed by atoms with Gasteiger partial charge in [-0.1, -0.05) is 54.6 Å². The van der Waals surface area contributed by atoms with E-state index in [9.17, 15) is 4.79 Å². The van der Waals surface area contributed by atoms with E-state index >= 15 is 0 Å². The number of carbonyl (C=O) groups is 1. The highest BCUT2D eigenvalue weighted by molar-refractivity contribution is 6.58. The fourth-order valence-electron chi connectivity index (χ4n) is 1.72. The SMILES string of the molecule is O=C(Cc1ccccc1)c1ccc(B(O)O)cc1. The predicted octanol–water partition coefficient (Wildman–Crippen LogP) is 0.792. The van der Waals surface area contributed by atoms with Crippen LogP contribution >= 0.6 is 0 Å². The summed E-state index contributed by atoms with van der Waals surface area (Å²) < 4.78 is 0. The molecule has 0 atom stereocenters. The second-order valence-corrected chi connectivity index (χ2v) is 4.08. The highest BCUT2D eigenvalue weighted by Gasteiger charge is 2.12. The van der Waals surface area contributed by atoms with E-state index < -0.39 is 7.12 Å². The summed E-state index contributed by atoms with van der Waals surface area (Å²) in [5.41, 5.74) is 1.92. The molecule has 0 aliphatic rings. The molecule has 0 spiro atoms. The smallest absolute Gasteiger partial charge is 0.423 e. The van der Waals surface area contributed by atoms with Crippen LogP contribution in [-0.4, -0.2) is 22.9 Å². The summed E-state index contributed by atoms with van der Waals surface area (Å²) in [5.74, 6) is 0.0141. The van der Waals surface area contributed by atoms with Gasteiger partial charge >= 0.3 is 7.12 Å². The van der Waals surface area contributed by atoms with Gasteiger partial charge in [0.05, 0.1) is 0 Å². The van der Waals surface area contributed by atoms with Crippen molar-refractivity contribution in [3.63, 3.8) is 0 Å². The Morgan fingerprint density at radius 3 is 2.11 bits per heavy atom. The van der Waals surface area contributed by atoms with Crippen LogP contribution < -0.4 is 5.46 Å². The van der Waals surface area contributed by atoms with Crippen molar-refractivity contribution in [1.82, 2.24) is 0 Å². The standard InChI is InChI=1S/C14H13BO3/c16-14(10-11-4-2-1-3-5-11)12-6-8-13(9-7-12)15(17)18/h1-9,17-18H,10H2. The van der Waals surface area contributed by atoms with Gasteiger partial charge in [-0.3, -0.25) is 4.79 Å². The van der Waals surface area contributed by atoms with Crippen molar-refractivity contribution in [3.8, 4) is 0 Å². The minimum Gasteiger partial charge on any atom is -0.423 e. The molecule has 2 aromatic rings. The average Bonchev–Trinajstić information content (AvgIpc) is 2.40. The van der Waals surface area contributed by atoms with E-state index in [-0.39, 0.29) is 5.78 Å². The number of carbonyl (C=O) groups excluding carboxylic acids is 1.